The summed E-state index contributed by atoms with van der Waals surface area (Å²) in [5.41, 5.74) is 0.362. The maximum atomic E-state index is 11.8. The molecule has 0 aromatic carbocycles. The van der Waals surface area contributed by atoms with Crippen LogP contribution in [0.5, 0.6) is 0 Å². The van der Waals surface area contributed by atoms with Gasteiger partial charge in [-0.2, -0.15) is 0 Å². The van der Waals surface area contributed by atoms with E-state index < -0.39 is 0 Å². The van der Waals surface area contributed by atoms with Crippen LogP contribution in [0.15, 0.2) is 18.6 Å². The van der Waals surface area contributed by atoms with Crippen LogP contribution in [0.1, 0.15) is 30.8 Å². The van der Waals surface area contributed by atoms with Crippen molar-refractivity contribution < 1.29 is 9.53 Å². The van der Waals surface area contributed by atoms with Gasteiger partial charge in [0.2, 0.25) is 0 Å². The molecule has 20 heavy (non-hydrogen) atoms. The summed E-state index contributed by atoms with van der Waals surface area (Å²) in [6.07, 6.45) is 6.04. The maximum Gasteiger partial charge on any atom is 0.271 e. The Morgan fingerprint density at radius 3 is 2.80 bits per heavy atom. The van der Waals surface area contributed by atoms with E-state index >= 15 is 0 Å². The lowest BCUT2D eigenvalue weighted by Crippen LogP contribution is -2.46. The summed E-state index contributed by atoms with van der Waals surface area (Å²) in [5.74, 6) is -0.165. The molecule has 1 N–H and O–H groups in total. The lowest BCUT2D eigenvalue weighted by Gasteiger charge is -2.35. The van der Waals surface area contributed by atoms with Crippen molar-refractivity contribution in [2.45, 2.75) is 32.5 Å². The fourth-order valence-corrected chi connectivity index (χ4v) is 2.48. The van der Waals surface area contributed by atoms with Crippen molar-refractivity contribution in [3.05, 3.63) is 24.3 Å². The van der Waals surface area contributed by atoms with E-state index in [1.54, 1.807) is 6.20 Å². The van der Waals surface area contributed by atoms with Crippen LogP contribution >= 0.6 is 0 Å². The number of rotatable bonds is 5. The van der Waals surface area contributed by atoms with Crippen LogP contribution in [-0.2, 0) is 4.74 Å². The normalized spacial score (nSPS) is 23.5. The van der Waals surface area contributed by atoms with Crippen molar-refractivity contribution in [1.29, 1.82) is 0 Å². The smallest absolute Gasteiger partial charge is 0.271 e. The van der Waals surface area contributed by atoms with E-state index in [4.69, 9.17) is 4.74 Å². The minimum absolute atomic E-state index is 0.165. The van der Waals surface area contributed by atoms with Crippen LogP contribution < -0.4 is 5.32 Å². The lowest BCUT2D eigenvalue weighted by molar-refractivity contribution is -0.0679. The minimum Gasteiger partial charge on any atom is -0.373 e. The molecule has 0 unspecified atom stereocenters. The molecule has 0 aliphatic carbocycles. The predicted molar refractivity (Wildman–Crippen MR) is 75.4 cm³/mol. The van der Waals surface area contributed by atoms with Crippen molar-refractivity contribution >= 4 is 5.91 Å². The van der Waals surface area contributed by atoms with Gasteiger partial charge in [0.15, 0.2) is 0 Å². The van der Waals surface area contributed by atoms with E-state index in [1.165, 1.54) is 12.4 Å². The van der Waals surface area contributed by atoms with E-state index in [0.717, 1.165) is 26.1 Å². The summed E-state index contributed by atoms with van der Waals surface area (Å²) in [4.78, 5) is 22.0. The zero-order chi connectivity index (χ0) is 14.4. The molecule has 110 valence electrons. The maximum absolute atomic E-state index is 11.8. The second-order valence-corrected chi connectivity index (χ2v) is 5.22. The molecule has 1 fully saturated rings. The Morgan fingerprint density at radius 2 is 2.15 bits per heavy atom. The van der Waals surface area contributed by atoms with Gasteiger partial charge in [-0.3, -0.25) is 14.7 Å². The largest absolute Gasteiger partial charge is 0.373 e. The second kappa shape index (κ2) is 7.31. The molecule has 6 heteroatoms. The monoisotopic (exact) mass is 278 g/mol. The Balaban J connectivity index is 1.65. The summed E-state index contributed by atoms with van der Waals surface area (Å²) in [5, 5.41) is 2.86. The number of nitrogens with zero attached hydrogens (tertiary/aromatic N) is 3. The molecule has 0 radical (unpaired) electrons. The highest BCUT2D eigenvalue weighted by Gasteiger charge is 2.21. The molecule has 1 amide bonds. The van der Waals surface area contributed by atoms with Crippen LogP contribution in [0.4, 0.5) is 0 Å². The quantitative estimate of drug-likeness (QED) is 0.803. The third-order valence-corrected chi connectivity index (χ3v) is 3.23. The third-order valence-electron chi connectivity index (χ3n) is 3.23. The van der Waals surface area contributed by atoms with Crippen molar-refractivity contribution in [2.24, 2.45) is 0 Å². The first-order valence-electron chi connectivity index (χ1n) is 7.07. The average Bonchev–Trinajstić information content (AvgIpc) is 2.43. The van der Waals surface area contributed by atoms with Gasteiger partial charge in [0.1, 0.15) is 5.69 Å². The number of amides is 1. The van der Waals surface area contributed by atoms with E-state index in [9.17, 15) is 4.79 Å². The molecule has 1 aliphatic heterocycles. The van der Waals surface area contributed by atoms with Crippen molar-refractivity contribution in [2.75, 3.05) is 26.2 Å². The van der Waals surface area contributed by atoms with Gasteiger partial charge in [0.05, 0.1) is 18.4 Å². The molecule has 1 aliphatic rings. The average molecular weight is 278 g/mol. The van der Waals surface area contributed by atoms with E-state index in [-0.39, 0.29) is 18.1 Å². The Labute approximate surface area is 119 Å². The number of hydrogen-bond donors (Lipinski definition) is 1. The van der Waals surface area contributed by atoms with Crippen LogP contribution in [0.3, 0.4) is 0 Å². The Kier molecular flexibility index (Phi) is 5.43. The first kappa shape index (κ1) is 14.9. The van der Waals surface area contributed by atoms with Gasteiger partial charge < -0.3 is 10.1 Å². The summed E-state index contributed by atoms with van der Waals surface area (Å²) < 4.78 is 5.69. The highest BCUT2D eigenvalue weighted by Crippen LogP contribution is 2.10. The van der Waals surface area contributed by atoms with Crippen LogP contribution in [0.25, 0.3) is 0 Å². The number of morpholine rings is 1. The summed E-state index contributed by atoms with van der Waals surface area (Å²) in [6, 6.07) is 0. The molecule has 1 saturated heterocycles. The summed E-state index contributed by atoms with van der Waals surface area (Å²) in [6.45, 7) is 7.73. The Bertz CT molecular complexity index is 416. The van der Waals surface area contributed by atoms with Crippen LogP contribution in [-0.4, -0.2) is 59.2 Å². The van der Waals surface area contributed by atoms with Gasteiger partial charge in [-0.1, -0.05) is 0 Å². The molecule has 0 saturated carbocycles. The molecule has 1 aromatic heterocycles. The van der Waals surface area contributed by atoms with Gasteiger partial charge in [0.25, 0.3) is 5.91 Å². The highest BCUT2D eigenvalue weighted by atomic mass is 16.5. The number of carbonyl (C=O) groups is 1. The molecule has 0 bridgehead atoms. The fraction of sp³-hybridized carbons (Fsp3) is 0.643. The van der Waals surface area contributed by atoms with Crippen LogP contribution in [0.2, 0.25) is 0 Å². The van der Waals surface area contributed by atoms with E-state index in [1.807, 2.05) is 0 Å². The molecular weight excluding hydrogens is 256 g/mol. The van der Waals surface area contributed by atoms with E-state index in [0.29, 0.717) is 12.2 Å². The Morgan fingerprint density at radius 1 is 1.40 bits per heavy atom. The first-order chi connectivity index (χ1) is 9.65. The molecule has 1 aromatic rings. The third kappa shape index (κ3) is 4.54. The highest BCUT2D eigenvalue weighted by molar-refractivity contribution is 5.91. The zero-order valence-corrected chi connectivity index (χ0v) is 12.1. The first-order valence-corrected chi connectivity index (χ1v) is 7.07. The number of nitrogens with one attached hydrogen (secondary N) is 1. The predicted octanol–water partition coefficient (Wildman–Crippen LogP) is 0.706. The number of hydrogen-bond acceptors (Lipinski definition) is 5. The van der Waals surface area contributed by atoms with Crippen molar-refractivity contribution in [1.82, 2.24) is 20.2 Å². The number of aromatic nitrogens is 2. The molecule has 6 nitrogen and oxygen atoms in total. The van der Waals surface area contributed by atoms with Gasteiger partial charge in [-0.15, -0.1) is 0 Å². The van der Waals surface area contributed by atoms with Gasteiger partial charge >= 0.3 is 0 Å². The molecule has 2 rings (SSSR count). The summed E-state index contributed by atoms with van der Waals surface area (Å²) in [7, 11) is 0. The SMILES string of the molecule is C[C@@H]1CN(CCCNC(=O)c2cnccn2)C[C@@H](C)O1. The van der Waals surface area contributed by atoms with Crippen molar-refractivity contribution in [3.8, 4) is 0 Å². The minimum atomic E-state index is -0.165. The summed E-state index contributed by atoms with van der Waals surface area (Å²) >= 11 is 0. The standard InChI is InChI=1S/C14H22N4O2/c1-11-9-18(10-12(2)20-11)7-3-4-17-14(19)13-8-15-5-6-16-13/h5-6,8,11-12H,3-4,7,9-10H2,1-2H3,(H,17,19)/t11-,12-/m1/s1. The van der Waals surface area contributed by atoms with Crippen LogP contribution in [0, 0.1) is 0 Å². The molecule has 0 spiro atoms. The molecule has 2 heterocycles. The fourth-order valence-electron chi connectivity index (χ4n) is 2.48. The lowest BCUT2D eigenvalue weighted by atomic mass is 10.2. The topological polar surface area (TPSA) is 67.4 Å². The van der Waals surface area contributed by atoms with Crippen molar-refractivity contribution in [3.63, 3.8) is 0 Å². The van der Waals surface area contributed by atoms with Gasteiger partial charge in [0, 0.05) is 38.6 Å². The molecule has 2 atom stereocenters. The molecular formula is C14H22N4O2. The van der Waals surface area contributed by atoms with E-state index in [2.05, 4.69) is 34.0 Å². The zero-order valence-electron chi connectivity index (χ0n) is 12.1. The Hall–Kier alpha value is -1.53. The van der Waals surface area contributed by atoms with Gasteiger partial charge in [-0.05, 0) is 20.3 Å². The number of carbonyl (C=O) groups excluding carboxylic acids is 1. The second-order valence-electron chi connectivity index (χ2n) is 5.22. The number of ether oxygens (including phenoxy) is 1. The van der Waals surface area contributed by atoms with Gasteiger partial charge in [-0.25, -0.2) is 4.98 Å².